The number of carbonyl (C=O) groups excluding carboxylic acids is 4. The van der Waals surface area contributed by atoms with Gasteiger partial charge in [-0.2, -0.15) is 5.10 Å². The average molecular weight is 432 g/mol. The Morgan fingerprint density at radius 2 is 1.80 bits per heavy atom. The number of nitrogens with zero attached hydrogens (tertiary/aromatic N) is 1. The standard InChI is InChI=1S/C19H18ClN5O5/c1-2-8-21-17(27)19(29)25-23-11-15-7-6-14(30-15)10-22-16(26)18(28)24-13-5-3-4-12(20)9-13/h2-7,9,11H,1,8,10H2,(H,21,27)(H,22,26)(H,24,28)(H,25,29)/b23-11+. The maximum atomic E-state index is 11.9. The summed E-state index contributed by atoms with van der Waals surface area (Å²) in [7, 11) is 0. The lowest BCUT2D eigenvalue weighted by molar-refractivity contribution is -0.139. The molecule has 2 rings (SSSR count). The van der Waals surface area contributed by atoms with Gasteiger partial charge in [-0.15, -0.1) is 6.58 Å². The summed E-state index contributed by atoms with van der Waals surface area (Å²) in [4.78, 5) is 46.5. The molecule has 1 aromatic carbocycles. The van der Waals surface area contributed by atoms with Crippen molar-refractivity contribution < 1.29 is 23.6 Å². The highest BCUT2D eigenvalue weighted by Crippen LogP contribution is 2.14. The smallest absolute Gasteiger partial charge is 0.329 e. The molecule has 0 aliphatic rings. The summed E-state index contributed by atoms with van der Waals surface area (Å²) in [5.41, 5.74) is 2.42. The second kappa shape index (κ2) is 11.2. The molecule has 156 valence electrons. The summed E-state index contributed by atoms with van der Waals surface area (Å²) in [5, 5.41) is 11.1. The van der Waals surface area contributed by atoms with Gasteiger partial charge in [-0.1, -0.05) is 23.7 Å². The molecule has 0 unspecified atom stereocenters. The first-order chi connectivity index (χ1) is 14.4. The molecule has 10 nitrogen and oxygen atoms in total. The Balaban J connectivity index is 1.78. The molecule has 30 heavy (non-hydrogen) atoms. The van der Waals surface area contributed by atoms with Gasteiger partial charge in [0.05, 0.1) is 12.8 Å². The first-order valence-corrected chi connectivity index (χ1v) is 8.92. The quantitative estimate of drug-likeness (QED) is 0.223. The Bertz CT molecular complexity index is 985. The average Bonchev–Trinajstić information content (AvgIpc) is 3.17. The molecule has 1 heterocycles. The Labute approximate surface area is 176 Å². The third-order valence-corrected chi connectivity index (χ3v) is 3.60. The number of benzene rings is 1. The predicted octanol–water partition coefficient (Wildman–Crippen LogP) is 0.940. The van der Waals surface area contributed by atoms with Crippen molar-refractivity contribution in [3.8, 4) is 0 Å². The van der Waals surface area contributed by atoms with Gasteiger partial charge in [0, 0.05) is 17.3 Å². The minimum absolute atomic E-state index is 0.0496. The van der Waals surface area contributed by atoms with Gasteiger partial charge in [-0.25, -0.2) is 5.43 Å². The molecule has 4 amide bonds. The number of carbonyl (C=O) groups is 4. The van der Waals surface area contributed by atoms with Crippen molar-refractivity contribution >= 4 is 47.1 Å². The minimum Gasteiger partial charge on any atom is -0.458 e. The van der Waals surface area contributed by atoms with E-state index in [1.165, 1.54) is 24.4 Å². The van der Waals surface area contributed by atoms with Crippen LogP contribution in [0.25, 0.3) is 0 Å². The van der Waals surface area contributed by atoms with Crippen molar-refractivity contribution in [2.75, 3.05) is 11.9 Å². The van der Waals surface area contributed by atoms with Gasteiger partial charge in [0.1, 0.15) is 11.5 Å². The number of nitrogens with one attached hydrogen (secondary N) is 4. The third-order valence-electron chi connectivity index (χ3n) is 3.37. The lowest BCUT2D eigenvalue weighted by atomic mass is 10.3. The fraction of sp³-hybridized carbons (Fsp3) is 0.105. The van der Waals surface area contributed by atoms with Gasteiger partial charge in [0.2, 0.25) is 0 Å². The second-order valence-corrected chi connectivity index (χ2v) is 6.09. The van der Waals surface area contributed by atoms with E-state index in [2.05, 4.69) is 27.6 Å². The number of halogens is 1. The molecule has 1 aromatic heterocycles. The van der Waals surface area contributed by atoms with Crippen LogP contribution < -0.4 is 21.4 Å². The number of hydrogen-bond donors (Lipinski definition) is 4. The Morgan fingerprint density at radius 3 is 2.53 bits per heavy atom. The van der Waals surface area contributed by atoms with E-state index in [9.17, 15) is 19.2 Å². The van der Waals surface area contributed by atoms with Crippen molar-refractivity contribution in [2.24, 2.45) is 5.10 Å². The summed E-state index contributed by atoms with van der Waals surface area (Å²) in [6.07, 6.45) is 2.61. The zero-order valence-corrected chi connectivity index (χ0v) is 16.4. The summed E-state index contributed by atoms with van der Waals surface area (Å²) >= 11 is 5.82. The van der Waals surface area contributed by atoms with Crippen molar-refractivity contribution in [3.05, 3.63) is 65.6 Å². The molecule has 0 saturated carbocycles. The summed E-state index contributed by atoms with van der Waals surface area (Å²) < 4.78 is 5.38. The summed E-state index contributed by atoms with van der Waals surface area (Å²) in [6.45, 7) is 3.52. The molecule has 0 fully saturated rings. The lowest BCUT2D eigenvalue weighted by Crippen LogP contribution is -2.37. The van der Waals surface area contributed by atoms with E-state index < -0.39 is 23.6 Å². The van der Waals surface area contributed by atoms with Crippen LogP contribution in [-0.4, -0.2) is 36.4 Å². The van der Waals surface area contributed by atoms with Crippen molar-refractivity contribution in [1.29, 1.82) is 0 Å². The second-order valence-electron chi connectivity index (χ2n) is 5.65. The van der Waals surface area contributed by atoms with Gasteiger partial charge in [0.15, 0.2) is 0 Å². The Morgan fingerprint density at radius 1 is 1.03 bits per heavy atom. The van der Waals surface area contributed by atoms with E-state index in [1.54, 1.807) is 24.3 Å². The van der Waals surface area contributed by atoms with Crippen molar-refractivity contribution in [3.63, 3.8) is 0 Å². The molecule has 4 N–H and O–H groups in total. The van der Waals surface area contributed by atoms with Crippen LogP contribution in [0, 0.1) is 0 Å². The van der Waals surface area contributed by atoms with Crippen LogP contribution in [0.3, 0.4) is 0 Å². The van der Waals surface area contributed by atoms with Crippen LogP contribution in [-0.2, 0) is 25.7 Å². The zero-order chi connectivity index (χ0) is 21.9. The van der Waals surface area contributed by atoms with E-state index in [-0.39, 0.29) is 18.8 Å². The number of rotatable bonds is 7. The molecular formula is C19H18ClN5O5. The van der Waals surface area contributed by atoms with Gasteiger partial charge < -0.3 is 20.4 Å². The molecule has 0 aliphatic carbocycles. The normalized spacial score (nSPS) is 10.3. The van der Waals surface area contributed by atoms with Crippen molar-refractivity contribution in [2.45, 2.75) is 6.54 Å². The number of hydrogen-bond acceptors (Lipinski definition) is 6. The molecule has 0 atom stereocenters. The van der Waals surface area contributed by atoms with Crippen LogP contribution >= 0.6 is 11.6 Å². The molecule has 0 spiro atoms. The Hall–Kier alpha value is -3.92. The van der Waals surface area contributed by atoms with E-state index >= 15 is 0 Å². The molecule has 11 heteroatoms. The lowest BCUT2D eigenvalue weighted by Gasteiger charge is -2.05. The fourth-order valence-electron chi connectivity index (χ4n) is 2.01. The molecule has 0 bridgehead atoms. The largest absolute Gasteiger partial charge is 0.458 e. The van der Waals surface area contributed by atoms with Crippen LogP contribution in [0.15, 0.2) is 58.6 Å². The van der Waals surface area contributed by atoms with Gasteiger partial charge >= 0.3 is 23.6 Å². The van der Waals surface area contributed by atoms with E-state index in [0.29, 0.717) is 16.5 Å². The van der Waals surface area contributed by atoms with Gasteiger partial charge in [0.25, 0.3) is 0 Å². The molecule has 0 radical (unpaired) electrons. The fourth-order valence-corrected chi connectivity index (χ4v) is 2.20. The first-order valence-electron chi connectivity index (χ1n) is 8.54. The maximum absolute atomic E-state index is 11.9. The monoisotopic (exact) mass is 431 g/mol. The molecule has 0 saturated heterocycles. The molecular weight excluding hydrogens is 414 g/mol. The third kappa shape index (κ3) is 7.24. The first kappa shape index (κ1) is 22.4. The van der Waals surface area contributed by atoms with Crippen LogP contribution in [0.5, 0.6) is 0 Å². The molecule has 2 aromatic rings. The van der Waals surface area contributed by atoms with Crippen LogP contribution in [0.2, 0.25) is 5.02 Å². The summed E-state index contributed by atoms with van der Waals surface area (Å²) in [5.74, 6) is -2.92. The Kier molecular flexibility index (Phi) is 8.33. The van der Waals surface area contributed by atoms with E-state index in [0.717, 1.165) is 0 Å². The molecule has 0 aliphatic heterocycles. The maximum Gasteiger partial charge on any atom is 0.329 e. The number of anilines is 1. The number of amides is 4. The highest BCUT2D eigenvalue weighted by atomic mass is 35.5. The van der Waals surface area contributed by atoms with Gasteiger partial charge in [-0.05, 0) is 30.3 Å². The van der Waals surface area contributed by atoms with Gasteiger partial charge in [-0.3, -0.25) is 19.2 Å². The van der Waals surface area contributed by atoms with E-state index in [4.69, 9.17) is 16.0 Å². The highest BCUT2D eigenvalue weighted by molar-refractivity contribution is 6.39. The number of furan rings is 1. The topological polar surface area (TPSA) is 142 Å². The SMILES string of the molecule is C=CCNC(=O)C(=O)N/N=C/c1ccc(CNC(=O)C(=O)Nc2cccc(Cl)c2)o1. The summed E-state index contributed by atoms with van der Waals surface area (Å²) in [6, 6.07) is 9.45. The zero-order valence-electron chi connectivity index (χ0n) is 15.6. The van der Waals surface area contributed by atoms with Crippen LogP contribution in [0.1, 0.15) is 11.5 Å². The number of hydrazone groups is 1. The van der Waals surface area contributed by atoms with Crippen molar-refractivity contribution in [1.82, 2.24) is 16.1 Å². The van der Waals surface area contributed by atoms with E-state index in [1.807, 2.05) is 5.43 Å². The van der Waals surface area contributed by atoms with Crippen LogP contribution in [0.4, 0.5) is 5.69 Å². The highest BCUT2D eigenvalue weighted by Gasteiger charge is 2.14. The predicted molar refractivity (Wildman–Crippen MR) is 110 cm³/mol. The minimum atomic E-state index is -0.946.